The van der Waals surface area contributed by atoms with Crippen molar-refractivity contribution < 1.29 is 4.74 Å². The van der Waals surface area contributed by atoms with E-state index in [0.29, 0.717) is 5.02 Å². The van der Waals surface area contributed by atoms with E-state index in [1.807, 2.05) is 19.1 Å². The van der Waals surface area contributed by atoms with Crippen LogP contribution in [0, 0.1) is 0 Å². The van der Waals surface area contributed by atoms with Gasteiger partial charge in [0.05, 0.1) is 7.11 Å². The molecule has 74 valence electrons. The second kappa shape index (κ2) is 5.32. The van der Waals surface area contributed by atoms with Gasteiger partial charge in [-0.1, -0.05) is 11.6 Å². The van der Waals surface area contributed by atoms with Crippen LogP contribution in [0.25, 0.3) is 0 Å². The van der Waals surface area contributed by atoms with Gasteiger partial charge in [-0.3, -0.25) is 0 Å². The molecule has 1 rings (SSSR count). The van der Waals surface area contributed by atoms with Crippen LogP contribution >= 0.6 is 24.0 Å². The molecule has 0 aromatic heterocycles. The highest BCUT2D eigenvalue weighted by Gasteiger charge is 2.02. The number of methoxy groups -OCH3 is 1. The number of hydrogen-bond donors (Lipinski definition) is 1. The lowest BCUT2D eigenvalue weighted by Gasteiger charge is -2.08. The van der Waals surface area contributed by atoms with Gasteiger partial charge < -0.3 is 10.5 Å². The molecule has 0 saturated carbocycles. The molecule has 4 heteroatoms. The molecule has 0 amide bonds. The van der Waals surface area contributed by atoms with Crippen molar-refractivity contribution in [3.05, 3.63) is 28.8 Å². The number of halogens is 2. The van der Waals surface area contributed by atoms with Crippen molar-refractivity contribution in [2.45, 2.75) is 13.0 Å². The zero-order valence-electron chi connectivity index (χ0n) is 7.58. The Hall–Kier alpha value is -0.440. The van der Waals surface area contributed by atoms with Gasteiger partial charge >= 0.3 is 0 Å². The van der Waals surface area contributed by atoms with Crippen LogP contribution in [-0.4, -0.2) is 7.11 Å². The van der Waals surface area contributed by atoms with Crippen molar-refractivity contribution in [2.24, 2.45) is 5.73 Å². The second-order valence-electron chi connectivity index (χ2n) is 2.71. The first kappa shape index (κ1) is 12.6. The lowest BCUT2D eigenvalue weighted by molar-refractivity contribution is 0.414. The fourth-order valence-electron chi connectivity index (χ4n) is 0.965. The number of nitrogens with two attached hydrogens (primary N) is 1. The first-order chi connectivity index (χ1) is 5.63. The molecule has 0 bridgehead atoms. The molecule has 0 spiro atoms. The summed E-state index contributed by atoms with van der Waals surface area (Å²) in [7, 11) is 1.61. The zero-order valence-corrected chi connectivity index (χ0v) is 9.15. The Labute approximate surface area is 89.4 Å². The quantitative estimate of drug-likeness (QED) is 0.834. The average Bonchev–Trinajstić information content (AvgIpc) is 2.03. The summed E-state index contributed by atoms with van der Waals surface area (Å²) in [6.45, 7) is 1.91. The van der Waals surface area contributed by atoms with Gasteiger partial charge in [0.25, 0.3) is 0 Å². The summed E-state index contributed by atoms with van der Waals surface area (Å²) in [6.07, 6.45) is 0. The summed E-state index contributed by atoms with van der Waals surface area (Å²) in [5, 5.41) is 0.654. The number of hydrogen-bond acceptors (Lipinski definition) is 2. The van der Waals surface area contributed by atoms with Crippen LogP contribution in [-0.2, 0) is 0 Å². The van der Waals surface area contributed by atoms with Crippen molar-refractivity contribution in [1.29, 1.82) is 0 Å². The lowest BCUT2D eigenvalue weighted by Crippen LogP contribution is -2.04. The fraction of sp³-hybridized carbons (Fsp3) is 0.333. The first-order valence-corrected chi connectivity index (χ1v) is 4.11. The van der Waals surface area contributed by atoms with E-state index in [1.165, 1.54) is 0 Å². The Kier molecular flexibility index (Phi) is 5.14. The van der Waals surface area contributed by atoms with Gasteiger partial charge in [-0.25, -0.2) is 0 Å². The van der Waals surface area contributed by atoms with Gasteiger partial charge in [0, 0.05) is 11.1 Å². The Morgan fingerprint density at radius 1 is 1.38 bits per heavy atom. The third kappa shape index (κ3) is 3.43. The van der Waals surface area contributed by atoms with E-state index in [0.717, 1.165) is 11.3 Å². The molecule has 1 aromatic rings. The summed E-state index contributed by atoms with van der Waals surface area (Å²) in [5.74, 6) is 0.745. The van der Waals surface area contributed by atoms with Crippen molar-refractivity contribution in [1.82, 2.24) is 0 Å². The van der Waals surface area contributed by atoms with Gasteiger partial charge in [-0.05, 0) is 30.7 Å². The van der Waals surface area contributed by atoms with E-state index in [2.05, 4.69) is 0 Å². The maximum absolute atomic E-state index is 5.84. The molecule has 1 atom stereocenters. The van der Waals surface area contributed by atoms with Crippen LogP contribution in [0.1, 0.15) is 18.5 Å². The van der Waals surface area contributed by atoms with E-state index in [4.69, 9.17) is 22.1 Å². The van der Waals surface area contributed by atoms with Gasteiger partial charge in [0.1, 0.15) is 5.75 Å². The number of rotatable bonds is 2. The summed E-state index contributed by atoms with van der Waals surface area (Å²) in [5.41, 5.74) is 6.68. The van der Waals surface area contributed by atoms with Crippen LogP contribution in [0.5, 0.6) is 5.75 Å². The van der Waals surface area contributed by atoms with Crippen LogP contribution in [0.15, 0.2) is 18.2 Å². The van der Waals surface area contributed by atoms with E-state index in [-0.39, 0.29) is 18.4 Å². The van der Waals surface area contributed by atoms with Gasteiger partial charge in [0.15, 0.2) is 0 Å². The van der Waals surface area contributed by atoms with E-state index in [9.17, 15) is 0 Å². The maximum atomic E-state index is 5.84. The van der Waals surface area contributed by atoms with E-state index in [1.54, 1.807) is 13.2 Å². The lowest BCUT2D eigenvalue weighted by atomic mass is 10.1. The molecule has 0 saturated heterocycles. The molecule has 0 aliphatic rings. The SMILES string of the molecule is COc1cc(Cl)cc(C(C)N)c1.Cl. The normalized spacial score (nSPS) is 11.7. The molecule has 2 nitrogen and oxygen atoms in total. The predicted molar refractivity (Wildman–Crippen MR) is 57.9 cm³/mol. The van der Waals surface area contributed by atoms with Crippen molar-refractivity contribution in [3.63, 3.8) is 0 Å². The molecule has 1 aromatic carbocycles. The summed E-state index contributed by atoms with van der Waals surface area (Å²) < 4.78 is 5.05. The standard InChI is InChI=1S/C9H12ClNO.ClH/c1-6(11)7-3-8(10)5-9(4-7)12-2;/h3-6H,11H2,1-2H3;1H. The largest absolute Gasteiger partial charge is 0.497 e. The second-order valence-corrected chi connectivity index (χ2v) is 3.15. The molecule has 1 unspecified atom stereocenters. The first-order valence-electron chi connectivity index (χ1n) is 3.73. The molecule has 2 N–H and O–H groups in total. The monoisotopic (exact) mass is 221 g/mol. The maximum Gasteiger partial charge on any atom is 0.120 e. The van der Waals surface area contributed by atoms with Crippen LogP contribution in [0.2, 0.25) is 5.02 Å². The highest BCUT2D eigenvalue weighted by molar-refractivity contribution is 6.30. The molecule has 0 fully saturated rings. The Morgan fingerprint density at radius 2 is 2.00 bits per heavy atom. The molecule has 0 heterocycles. The molecule has 0 aliphatic carbocycles. The Morgan fingerprint density at radius 3 is 2.46 bits per heavy atom. The Balaban J connectivity index is 0.00000144. The summed E-state index contributed by atoms with van der Waals surface area (Å²) in [6, 6.07) is 5.47. The third-order valence-electron chi connectivity index (χ3n) is 1.66. The molecule has 13 heavy (non-hydrogen) atoms. The average molecular weight is 222 g/mol. The topological polar surface area (TPSA) is 35.2 Å². The number of benzene rings is 1. The van der Waals surface area contributed by atoms with Crippen LogP contribution in [0.3, 0.4) is 0 Å². The van der Waals surface area contributed by atoms with Gasteiger partial charge in [-0.2, -0.15) is 0 Å². The molecular weight excluding hydrogens is 209 g/mol. The van der Waals surface area contributed by atoms with Crippen LogP contribution < -0.4 is 10.5 Å². The highest BCUT2D eigenvalue weighted by atomic mass is 35.5. The minimum absolute atomic E-state index is 0. The summed E-state index contributed by atoms with van der Waals surface area (Å²) in [4.78, 5) is 0. The van der Waals surface area contributed by atoms with Crippen LogP contribution in [0.4, 0.5) is 0 Å². The van der Waals surface area contributed by atoms with Crippen molar-refractivity contribution in [3.8, 4) is 5.75 Å². The molecular formula is C9H13Cl2NO. The highest BCUT2D eigenvalue weighted by Crippen LogP contribution is 2.23. The fourth-order valence-corrected chi connectivity index (χ4v) is 1.20. The smallest absolute Gasteiger partial charge is 0.120 e. The van der Waals surface area contributed by atoms with Gasteiger partial charge in [0.2, 0.25) is 0 Å². The number of ether oxygens (including phenoxy) is 1. The molecule has 0 radical (unpaired) electrons. The third-order valence-corrected chi connectivity index (χ3v) is 1.87. The Bertz CT molecular complexity index is 276. The van der Waals surface area contributed by atoms with Crippen molar-refractivity contribution >= 4 is 24.0 Å². The predicted octanol–water partition coefficient (Wildman–Crippen LogP) is 2.79. The van der Waals surface area contributed by atoms with E-state index >= 15 is 0 Å². The van der Waals surface area contributed by atoms with Crippen molar-refractivity contribution in [2.75, 3.05) is 7.11 Å². The minimum Gasteiger partial charge on any atom is -0.497 e. The summed E-state index contributed by atoms with van der Waals surface area (Å²) >= 11 is 5.84. The molecule has 0 aliphatic heterocycles. The van der Waals surface area contributed by atoms with Gasteiger partial charge in [-0.15, -0.1) is 12.4 Å². The minimum atomic E-state index is -0.0161. The van der Waals surface area contributed by atoms with E-state index < -0.39 is 0 Å². The zero-order chi connectivity index (χ0) is 9.14.